The summed E-state index contributed by atoms with van der Waals surface area (Å²) in [5, 5.41) is 12.5. The van der Waals surface area contributed by atoms with Gasteiger partial charge in [0.25, 0.3) is 5.91 Å². The van der Waals surface area contributed by atoms with Gasteiger partial charge in [0.2, 0.25) is 5.89 Å². The van der Waals surface area contributed by atoms with E-state index in [0.717, 1.165) is 24.2 Å². The first-order chi connectivity index (χ1) is 11.5. The standard InChI is InChI=1S/C18H22N2O4/c1-11-15(16(22)20-18(2,10-21)13-6-7-13)19-17(24-11)12-4-8-14(23-3)9-5-12/h4-5,8-9,13,21H,6-7,10H2,1-3H3,(H,20,22). The molecule has 3 rings (SSSR count). The smallest absolute Gasteiger partial charge is 0.274 e. The minimum absolute atomic E-state index is 0.0916. The zero-order chi connectivity index (χ0) is 17.3. The molecule has 1 atom stereocenters. The van der Waals surface area contributed by atoms with Gasteiger partial charge < -0.3 is 19.6 Å². The van der Waals surface area contributed by atoms with E-state index in [4.69, 9.17) is 9.15 Å². The third-order valence-corrected chi connectivity index (χ3v) is 4.55. The molecule has 1 aliphatic carbocycles. The Hall–Kier alpha value is -2.34. The molecule has 0 aliphatic heterocycles. The summed E-state index contributed by atoms with van der Waals surface area (Å²) in [6, 6.07) is 7.27. The number of aliphatic hydroxyl groups is 1. The third kappa shape index (κ3) is 3.14. The van der Waals surface area contributed by atoms with Gasteiger partial charge in [-0.3, -0.25) is 4.79 Å². The van der Waals surface area contributed by atoms with Gasteiger partial charge in [-0.25, -0.2) is 4.98 Å². The molecule has 0 radical (unpaired) electrons. The van der Waals surface area contributed by atoms with Crippen LogP contribution in [0.1, 0.15) is 36.0 Å². The first-order valence-corrected chi connectivity index (χ1v) is 8.02. The second kappa shape index (κ2) is 6.28. The zero-order valence-corrected chi connectivity index (χ0v) is 14.1. The van der Waals surface area contributed by atoms with Crippen molar-refractivity contribution in [1.82, 2.24) is 10.3 Å². The summed E-state index contributed by atoms with van der Waals surface area (Å²) >= 11 is 0. The lowest BCUT2D eigenvalue weighted by Crippen LogP contribution is -2.51. The summed E-state index contributed by atoms with van der Waals surface area (Å²) in [6.45, 7) is 3.48. The molecule has 0 bridgehead atoms. The maximum Gasteiger partial charge on any atom is 0.274 e. The van der Waals surface area contributed by atoms with E-state index < -0.39 is 5.54 Å². The fourth-order valence-corrected chi connectivity index (χ4v) is 2.77. The van der Waals surface area contributed by atoms with Gasteiger partial charge in [-0.1, -0.05) is 0 Å². The Bertz CT molecular complexity index is 734. The summed E-state index contributed by atoms with van der Waals surface area (Å²) in [5.74, 6) is 1.58. The van der Waals surface area contributed by atoms with Crippen LogP contribution < -0.4 is 10.1 Å². The minimum atomic E-state index is -0.608. The highest BCUT2D eigenvalue weighted by molar-refractivity contribution is 5.94. The molecule has 1 unspecified atom stereocenters. The predicted molar refractivity (Wildman–Crippen MR) is 88.9 cm³/mol. The largest absolute Gasteiger partial charge is 0.497 e. The summed E-state index contributed by atoms with van der Waals surface area (Å²) < 4.78 is 10.8. The zero-order valence-electron chi connectivity index (χ0n) is 14.1. The van der Waals surface area contributed by atoms with Crippen molar-refractivity contribution in [3.8, 4) is 17.2 Å². The molecule has 1 amide bonds. The molecule has 1 aromatic carbocycles. The molecule has 1 aromatic heterocycles. The van der Waals surface area contributed by atoms with Crippen LogP contribution in [0.3, 0.4) is 0 Å². The molecule has 0 spiro atoms. The maximum absolute atomic E-state index is 12.6. The Morgan fingerprint density at radius 2 is 2.08 bits per heavy atom. The quantitative estimate of drug-likeness (QED) is 0.850. The van der Waals surface area contributed by atoms with Gasteiger partial charge >= 0.3 is 0 Å². The van der Waals surface area contributed by atoms with Crippen molar-refractivity contribution >= 4 is 5.91 Å². The van der Waals surface area contributed by atoms with Crippen molar-refractivity contribution in [2.24, 2.45) is 5.92 Å². The highest BCUT2D eigenvalue weighted by Crippen LogP contribution is 2.39. The third-order valence-electron chi connectivity index (χ3n) is 4.55. The van der Waals surface area contributed by atoms with E-state index in [9.17, 15) is 9.90 Å². The molecular weight excluding hydrogens is 308 g/mol. The number of nitrogens with zero attached hydrogens (tertiary/aromatic N) is 1. The molecule has 24 heavy (non-hydrogen) atoms. The number of carbonyl (C=O) groups is 1. The van der Waals surface area contributed by atoms with Crippen molar-refractivity contribution < 1.29 is 19.1 Å². The number of ether oxygens (including phenoxy) is 1. The number of nitrogens with one attached hydrogen (secondary N) is 1. The number of aryl methyl sites for hydroxylation is 1. The average molecular weight is 330 g/mol. The number of carbonyl (C=O) groups excluding carboxylic acids is 1. The van der Waals surface area contributed by atoms with E-state index in [-0.39, 0.29) is 18.2 Å². The molecule has 1 heterocycles. The Morgan fingerprint density at radius 1 is 1.42 bits per heavy atom. The van der Waals surface area contributed by atoms with Crippen molar-refractivity contribution in [3.05, 3.63) is 35.7 Å². The molecule has 2 N–H and O–H groups in total. The number of oxazole rings is 1. The van der Waals surface area contributed by atoms with Crippen molar-refractivity contribution in [3.63, 3.8) is 0 Å². The SMILES string of the molecule is COc1ccc(-c2nc(C(=O)NC(C)(CO)C3CC3)c(C)o2)cc1. The van der Waals surface area contributed by atoms with Crippen molar-refractivity contribution in [2.45, 2.75) is 32.2 Å². The minimum Gasteiger partial charge on any atom is -0.497 e. The monoisotopic (exact) mass is 330 g/mol. The normalized spacial score (nSPS) is 16.5. The number of hydrogen-bond acceptors (Lipinski definition) is 5. The van der Waals surface area contributed by atoms with E-state index in [1.165, 1.54) is 0 Å². The number of aliphatic hydroxyl groups excluding tert-OH is 1. The summed E-state index contributed by atoms with van der Waals surface area (Å²) in [6.07, 6.45) is 2.04. The molecule has 0 saturated heterocycles. The first kappa shape index (κ1) is 16.5. The number of amides is 1. The molecule has 128 valence electrons. The summed E-state index contributed by atoms with van der Waals surface area (Å²) in [4.78, 5) is 16.9. The van der Waals surface area contributed by atoms with Crippen molar-refractivity contribution in [2.75, 3.05) is 13.7 Å². The van der Waals surface area contributed by atoms with Gasteiger partial charge in [0.15, 0.2) is 5.69 Å². The Morgan fingerprint density at radius 3 is 2.62 bits per heavy atom. The van der Waals surface area contributed by atoms with Crippen LogP contribution in [0.15, 0.2) is 28.7 Å². The highest BCUT2D eigenvalue weighted by atomic mass is 16.5. The van der Waals surface area contributed by atoms with Gasteiger partial charge in [-0.05, 0) is 56.9 Å². The number of rotatable bonds is 6. The number of methoxy groups -OCH3 is 1. The second-order valence-corrected chi connectivity index (χ2v) is 6.46. The van der Waals surface area contributed by atoms with Gasteiger partial charge in [-0.2, -0.15) is 0 Å². The highest BCUT2D eigenvalue weighted by Gasteiger charge is 2.42. The molecular formula is C18H22N2O4. The lowest BCUT2D eigenvalue weighted by molar-refractivity contribution is 0.0818. The molecule has 6 heteroatoms. The number of hydrogen-bond donors (Lipinski definition) is 2. The average Bonchev–Trinajstić information content (AvgIpc) is 3.38. The first-order valence-electron chi connectivity index (χ1n) is 8.02. The van der Waals surface area contributed by atoms with Crippen LogP contribution in [0.25, 0.3) is 11.5 Å². The lowest BCUT2D eigenvalue weighted by Gasteiger charge is -2.28. The van der Waals surface area contributed by atoms with Crippen LogP contribution in [0.4, 0.5) is 0 Å². The van der Waals surface area contributed by atoms with Gasteiger partial charge in [0.05, 0.1) is 19.3 Å². The Labute approximate surface area is 140 Å². The maximum atomic E-state index is 12.6. The number of aromatic nitrogens is 1. The van der Waals surface area contributed by atoms with Crippen LogP contribution in [0.2, 0.25) is 0 Å². The van der Waals surface area contributed by atoms with E-state index in [1.54, 1.807) is 14.0 Å². The van der Waals surface area contributed by atoms with Crippen LogP contribution in [0, 0.1) is 12.8 Å². The van der Waals surface area contributed by atoms with E-state index in [0.29, 0.717) is 17.6 Å². The van der Waals surface area contributed by atoms with Crippen LogP contribution in [0.5, 0.6) is 5.75 Å². The second-order valence-electron chi connectivity index (χ2n) is 6.46. The van der Waals surface area contributed by atoms with Gasteiger partial charge in [0, 0.05) is 5.56 Å². The lowest BCUT2D eigenvalue weighted by atomic mass is 9.97. The Kier molecular flexibility index (Phi) is 4.32. The van der Waals surface area contributed by atoms with Crippen LogP contribution >= 0.6 is 0 Å². The topological polar surface area (TPSA) is 84.6 Å². The van der Waals surface area contributed by atoms with Gasteiger partial charge in [-0.15, -0.1) is 0 Å². The van der Waals surface area contributed by atoms with Crippen molar-refractivity contribution in [1.29, 1.82) is 0 Å². The summed E-state index contributed by atoms with van der Waals surface area (Å²) in [5.41, 5.74) is 0.411. The van der Waals surface area contributed by atoms with Crippen LogP contribution in [-0.4, -0.2) is 35.3 Å². The van der Waals surface area contributed by atoms with Gasteiger partial charge in [0.1, 0.15) is 11.5 Å². The molecule has 1 aliphatic rings. The van der Waals surface area contributed by atoms with E-state index >= 15 is 0 Å². The molecule has 1 fully saturated rings. The fourth-order valence-electron chi connectivity index (χ4n) is 2.77. The predicted octanol–water partition coefficient (Wildman–Crippen LogP) is 2.55. The molecule has 6 nitrogen and oxygen atoms in total. The van der Waals surface area contributed by atoms with E-state index in [1.807, 2.05) is 31.2 Å². The Balaban J connectivity index is 1.81. The molecule has 2 aromatic rings. The summed E-state index contributed by atoms with van der Waals surface area (Å²) in [7, 11) is 1.60. The fraction of sp³-hybridized carbons (Fsp3) is 0.444. The molecule has 1 saturated carbocycles. The van der Waals surface area contributed by atoms with E-state index in [2.05, 4.69) is 10.3 Å². The number of benzene rings is 1. The van der Waals surface area contributed by atoms with Crippen LogP contribution in [-0.2, 0) is 0 Å².